The van der Waals surface area contributed by atoms with Crippen molar-refractivity contribution in [1.29, 1.82) is 5.26 Å². The molecule has 0 spiro atoms. The molecule has 0 radical (unpaired) electrons. The molecule has 1 aromatic heterocycles. The topological polar surface area (TPSA) is 167 Å². The highest BCUT2D eigenvalue weighted by atomic mass is 35.5. The number of hydrogen-bond donors (Lipinski definition) is 1. The summed E-state index contributed by atoms with van der Waals surface area (Å²) in [7, 11) is 1.37. The number of likely N-dealkylation sites (tertiary alicyclic amines) is 2. The van der Waals surface area contributed by atoms with E-state index < -0.39 is 23.8 Å². The number of likely N-dealkylation sites (N-methyl/N-ethyl adjacent to an activating group) is 1. The number of aromatic nitrogens is 2. The van der Waals surface area contributed by atoms with Gasteiger partial charge in [-0.2, -0.15) is 10.4 Å². The van der Waals surface area contributed by atoms with Crippen LogP contribution in [0.3, 0.4) is 0 Å². The van der Waals surface area contributed by atoms with Crippen LogP contribution in [-0.2, 0) is 9.59 Å². The fraction of sp³-hybridized carbons (Fsp3) is 0.500. The lowest BCUT2D eigenvalue weighted by atomic mass is 9.49. The maximum atomic E-state index is 13.5. The number of nitrogens with zero attached hydrogens (tertiary/aromatic N) is 6. The van der Waals surface area contributed by atoms with Gasteiger partial charge in [0.25, 0.3) is 23.6 Å². The van der Waals surface area contributed by atoms with Crippen LogP contribution in [0.1, 0.15) is 109 Å². The second-order valence-electron chi connectivity index (χ2n) is 16.7. The van der Waals surface area contributed by atoms with E-state index in [4.69, 9.17) is 21.1 Å². The van der Waals surface area contributed by atoms with Crippen LogP contribution in [0.4, 0.5) is 0 Å². The van der Waals surface area contributed by atoms with E-state index in [-0.39, 0.29) is 64.8 Å². The van der Waals surface area contributed by atoms with Gasteiger partial charge in [0, 0.05) is 55.7 Å². The monoisotopic (exact) mass is 797 g/mol. The number of benzene rings is 2. The Bertz CT molecular complexity index is 2140. The van der Waals surface area contributed by atoms with Crippen LogP contribution in [-0.4, -0.2) is 105 Å². The van der Waals surface area contributed by atoms with Crippen LogP contribution < -0.4 is 14.8 Å². The molecule has 15 heteroatoms. The molecule has 0 bridgehead atoms. The minimum Gasteiger partial charge on any atom is -0.494 e. The summed E-state index contributed by atoms with van der Waals surface area (Å²) in [6, 6.07) is 10.9. The molecule has 4 heterocycles. The molecule has 57 heavy (non-hydrogen) atoms. The van der Waals surface area contributed by atoms with Crippen LogP contribution in [0, 0.1) is 22.2 Å². The molecular weight excluding hydrogens is 750 g/mol. The molecule has 7 rings (SSSR count). The van der Waals surface area contributed by atoms with Gasteiger partial charge in [-0.3, -0.25) is 38.5 Å². The Morgan fingerprint density at radius 3 is 2.46 bits per heavy atom. The van der Waals surface area contributed by atoms with E-state index in [1.165, 1.54) is 7.05 Å². The molecule has 2 aromatic carbocycles. The Hall–Kier alpha value is -5.26. The zero-order valence-corrected chi connectivity index (χ0v) is 33.7. The van der Waals surface area contributed by atoms with Gasteiger partial charge in [0.05, 0.1) is 46.1 Å². The number of nitrogens with one attached hydrogen (secondary N) is 1. The van der Waals surface area contributed by atoms with Gasteiger partial charge < -0.3 is 19.7 Å². The van der Waals surface area contributed by atoms with Gasteiger partial charge in [-0.25, -0.2) is 0 Å². The van der Waals surface area contributed by atoms with E-state index in [1.807, 2.05) is 10.9 Å². The molecule has 300 valence electrons. The number of piperidine rings is 1. The summed E-state index contributed by atoms with van der Waals surface area (Å²) >= 11 is 6.24. The third-order valence-corrected chi connectivity index (χ3v) is 12.4. The van der Waals surface area contributed by atoms with Crippen molar-refractivity contribution in [2.24, 2.45) is 10.8 Å². The minimum atomic E-state index is -0.989. The fourth-order valence-electron chi connectivity index (χ4n) is 9.25. The molecule has 3 fully saturated rings. The number of rotatable bonds is 13. The molecule has 4 aliphatic rings. The highest BCUT2D eigenvalue weighted by Gasteiger charge is 2.64. The molecule has 1 aliphatic carbocycles. The third-order valence-electron chi connectivity index (χ3n) is 12.1. The number of halogens is 1. The molecular formula is C42H48ClN7O7. The number of nitriles is 1. The predicted molar refractivity (Wildman–Crippen MR) is 209 cm³/mol. The van der Waals surface area contributed by atoms with Crippen LogP contribution >= 0.6 is 11.6 Å². The lowest BCUT2D eigenvalue weighted by Gasteiger charge is -2.63. The Kier molecular flexibility index (Phi) is 10.9. The molecule has 1 saturated carbocycles. The Labute approximate surface area is 337 Å². The van der Waals surface area contributed by atoms with Crippen LogP contribution in [0.15, 0.2) is 48.8 Å². The van der Waals surface area contributed by atoms with Gasteiger partial charge in [0.2, 0.25) is 5.91 Å². The van der Waals surface area contributed by atoms with E-state index in [1.54, 1.807) is 42.6 Å². The molecule has 1 N–H and O–H groups in total. The number of imide groups is 2. The van der Waals surface area contributed by atoms with Crippen molar-refractivity contribution in [2.75, 3.05) is 33.3 Å². The van der Waals surface area contributed by atoms with Crippen molar-refractivity contribution in [2.45, 2.75) is 90.4 Å². The number of unbranched alkanes of at least 4 members (excludes halogenated alkanes) is 2. The number of hydrogen-bond acceptors (Lipinski definition) is 10. The van der Waals surface area contributed by atoms with Gasteiger partial charge in [-0.05, 0) is 69.0 Å². The van der Waals surface area contributed by atoms with E-state index in [2.05, 4.69) is 49.1 Å². The Balaban J connectivity index is 0.830. The van der Waals surface area contributed by atoms with Crippen LogP contribution in [0.2, 0.25) is 5.02 Å². The van der Waals surface area contributed by atoms with Crippen molar-refractivity contribution in [3.8, 4) is 17.6 Å². The van der Waals surface area contributed by atoms with Crippen molar-refractivity contribution >= 4 is 41.1 Å². The summed E-state index contributed by atoms with van der Waals surface area (Å²) in [4.78, 5) is 68.7. The van der Waals surface area contributed by atoms with Crippen molar-refractivity contribution < 1.29 is 33.4 Å². The molecule has 3 aromatic rings. The highest BCUT2D eigenvalue weighted by molar-refractivity contribution is 6.31. The number of fused-ring (bicyclic) bond motifs is 1. The third kappa shape index (κ3) is 7.50. The second-order valence-corrected chi connectivity index (χ2v) is 17.1. The summed E-state index contributed by atoms with van der Waals surface area (Å²) < 4.78 is 14.2. The molecule has 14 nitrogen and oxygen atoms in total. The Morgan fingerprint density at radius 1 is 0.982 bits per heavy atom. The maximum absolute atomic E-state index is 13.5. The summed E-state index contributed by atoms with van der Waals surface area (Å²) in [6.45, 7) is 11.5. The SMILES string of the molecule is CN1C(=O)CCC(N2C(=O)c3ccc(OCCCCCN4CCC(n5cc(C(=O)N[C@H]6C(C)(C)[C@H](Oc7ccc(C#N)c(Cl)c7)C6(C)C)cn5)C4)cc3C2=O)C1=O. The van der Waals surface area contributed by atoms with E-state index in [0.29, 0.717) is 34.3 Å². The lowest BCUT2D eigenvalue weighted by molar-refractivity contribution is -0.164. The number of amides is 5. The number of carbonyl (C=O) groups excluding carboxylic acids is 5. The predicted octanol–water partition coefficient (Wildman–Crippen LogP) is 5.26. The summed E-state index contributed by atoms with van der Waals surface area (Å²) in [5, 5.41) is 17.4. The number of carbonyl (C=O) groups is 5. The maximum Gasteiger partial charge on any atom is 0.262 e. The second kappa shape index (κ2) is 15.6. The van der Waals surface area contributed by atoms with E-state index >= 15 is 0 Å². The standard InChI is InChI=1S/C42H48ClN7O7/c1-41(2)39(42(3,4)40(41)57-29-10-9-25(21-44)32(43)20-29)46-35(52)26-22-45-49(23-26)27-15-17-48(24-27)16-7-6-8-18-56-28-11-12-30-31(19-28)37(54)50(36(30)53)33-13-14-34(51)47(5)38(33)55/h9-12,19-20,22-23,27,33,39-40H,6-8,13-18,24H2,1-5H3,(H,46,52)/t27?,33?,39-,40-. The first kappa shape index (κ1) is 40.0. The van der Waals surface area contributed by atoms with Crippen LogP contribution in [0.25, 0.3) is 0 Å². The first-order chi connectivity index (χ1) is 27.1. The van der Waals surface area contributed by atoms with E-state index in [0.717, 1.165) is 55.1 Å². The summed E-state index contributed by atoms with van der Waals surface area (Å²) in [6.07, 6.45) is 7.16. The quantitative estimate of drug-likeness (QED) is 0.178. The van der Waals surface area contributed by atoms with Gasteiger partial charge >= 0.3 is 0 Å². The smallest absolute Gasteiger partial charge is 0.262 e. The fourth-order valence-corrected chi connectivity index (χ4v) is 9.46. The Morgan fingerprint density at radius 2 is 1.72 bits per heavy atom. The molecule has 5 amide bonds. The first-order valence-corrected chi connectivity index (χ1v) is 19.9. The van der Waals surface area contributed by atoms with Crippen molar-refractivity contribution in [3.63, 3.8) is 0 Å². The minimum absolute atomic E-state index is 0.0939. The van der Waals surface area contributed by atoms with Gasteiger partial charge in [0.1, 0.15) is 29.7 Å². The molecule has 2 saturated heterocycles. The van der Waals surface area contributed by atoms with Gasteiger partial charge in [0.15, 0.2) is 0 Å². The lowest BCUT2D eigenvalue weighted by Crippen LogP contribution is -2.74. The zero-order chi connectivity index (χ0) is 40.8. The number of ether oxygens (including phenoxy) is 2. The van der Waals surface area contributed by atoms with Gasteiger partial charge in [-0.1, -0.05) is 39.3 Å². The van der Waals surface area contributed by atoms with Gasteiger partial charge in [-0.15, -0.1) is 0 Å². The summed E-state index contributed by atoms with van der Waals surface area (Å²) in [5.41, 5.74) is 0.594. The first-order valence-electron chi connectivity index (χ1n) is 19.5. The van der Waals surface area contributed by atoms with E-state index in [9.17, 15) is 29.2 Å². The summed E-state index contributed by atoms with van der Waals surface area (Å²) in [5.74, 6) is -1.06. The molecule has 2 atom stereocenters. The largest absolute Gasteiger partial charge is 0.494 e. The zero-order valence-electron chi connectivity index (χ0n) is 32.9. The average Bonchev–Trinajstić information content (AvgIpc) is 3.92. The van der Waals surface area contributed by atoms with Crippen molar-refractivity contribution in [3.05, 3.63) is 76.1 Å². The average molecular weight is 798 g/mol. The van der Waals surface area contributed by atoms with Crippen LogP contribution in [0.5, 0.6) is 11.5 Å². The molecule has 3 aliphatic heterocycles. The van der Waals surface area contributed by atoms with Crippen molar-refractivity contribution in [1.82, 2.24) is 29.8 Å². The molecule has 2 unspecified atom stereocenters. The normalized spacial score (nSPS) is 23.9. The highest BCUT2D eigenvalue weighted by Crippen LogP contribution is 2.55.